The van der Waals surface area contributed by atoms with Crippen molar-refractivity contribution in [1.29, 1.82) is 0 Å². The predicted octanol–water partition coefficient (Wildman–Crippen LogP) is 2.63. The van der Waals surface area contributed by atoms with Crippen LogP contribution in [0.1, 0.15) is 26.5 Å². The summed E-state index contributed by atoms with van der Waals surface area (Å²) in [7, 11) is 0. The lowest BCUT2D eigenvalue weighted by molar-refractivity contribution is -0.140. The molecule has 0 spiro atoms. The normalized spacial score (nSPS) is 21.5. The number of aromatic nitrogens is 3. The SMILES string of the molecule is CCn1ncc(-c2csc(NC(=O)[C@@H]3[C@H](C(=O)O)C3(C)C)n2)c1C. The number of nitrogens with one attached hydrogen (secondary N) is 1. The molecule has 8 heteroatoms. The number of carbonyl (C=O) groups excluding carboxylic acids is 1. The Morgan fingerprint density at radius 2 is 2.12 bits per heavy atom. The van der Waals surface area contributed by atoms with Crippen LogP contribution >= 0.6 is 11.3 Å². The second kappa shape index (κ2) is 5.70. The molecule has 1 amide bonds. The Morgan fingerprint density at radius 1 is 1.42 bits per heavy atom. The summed E-state index contributed by atoms with van der Waals surface area (Å²) >= 11 is 1.33. The second-order valence-corrected chi connectivity index (χ2v) is 7.46. The molecule has 2 N–H and O–H groups in total. The molecule has 2 aromatic heterocycles. The van der Waals surface area contributed by atoms with Gasteiger partial charge in [-0.25, -0.2) is 4.98 Å². The second-order valence-electron chi connectivity index (χ2n) is 6.60. The summed E-state index contributed by atoms with van der Waals surface area (Å²) in [6, 6.07) is 0. The lowest BCUT2D eigenvalue weighted by atomic mass is 10.1. The number of amides is 1. The number of carboxylic acids is 1. The summed E-state index contributed by atoms with van der Waals surface area (Å²) in [6.45, 7) is 8.38. The first kappa shape index (κ1) is 16.6. The number of carbonyl (C=O) groups is 2. The maximum Gasteiger partial charge on any atom is 0.307 e. The van der Waals surface area contributed by atoms with Gasteiger partial charge in [0.1, 0.15) is 0 Å². The molecule has 0 radical (unpaired) electrons. The molecule has 24 heavy (non-hydrogen) atoms. The number of aliphatic carboxylic acids is 1. The molecule has 2 heterocycles. The maximum absolute atomic E-state index is 12.3. The summed E-state index contributed by atoms with van der Waals surface area (Å²) in [5, 5.41) is 18.6. The topological polar surface area (TPSA) is 97.1 Å². The summed E-state index contributed by atoms with van der Waals surface area (Å²) in [4.78, 5) is 28.0. The van der Waals surface area contributed by atoms with Gasteiger partial charge in [0, 0.05) is 23.2 Å². The van der Waals surface area contributed by atoms with Gasteiger partial charge in [-0.1, -0.05) is 13.8 Å². The molecule has 2 aromatic rings. The number of rotatable bonds is 5. The largest absolute Gasteiger partial charge is 0.481 e. The molecule has 0 aliphatic heterocycles. The van der Waals surface area contributed by atoms with Crippen molar-refractivity contribution in [2.45, 2.75) is 34.2 Å². The number of nitrogens with zero attached hydrogens (tertiary/aromatic N) is 3. The van der Waals surface area contributed by atoms with E-state index >= 15 is 0 Å². The molecular formula is C16H20N4O3S. The van der Waals surface area contributed by atoms with Crippen molar-refractivity contribution in [2.75, 3.05) is 5.32 Å². The minimum absolute atomic E-state index is 0.283. The molecule has 128 valence electrons. The molecule has 7 nitrogen and oxygen atoms in total. The van der Waals surface area contributed by atoms with E-state index in [-0.39, 0.29) is 5.91 Å². The highest BCUT2D eigenvalue weighted by molar-refractivity contribution is 7.14. The van der Waals surface area contributed by atoms with Crippen molar-refractivity contribution >= 4 is 28.3 Å². The van der Waals surface area contributed by atoms with E-state index in [2.05, 4.69) is 15.4 Å². The minimum Gasteiger partial charge on any atom is -0.481 e. The van der Waals surface area contributed by atoms with Crippen molar-refractivity contribution in [3.63, 3.8) is 0 Å². The van der Waals surface area contributed by atoms with Crippen molar-refractivity contribution in [2.24, 2.45) is 17.3 Å². The van der Waals surface area contributed by atoms with E-state index in [1.165, 1.54) is 11.3 Å². The predicted molar refractivity (Wildman–Crippen MR) is 90.8 cm³/mol. The molecule has 1 fully saturated rings. The zero-order valence-electron chi connectivity index (χ0n) is 14.0. The number of carboxylic acid groups (broad SMARTS) is 1. The number of hydrogen-bond donors (Lipinski definition) is 2. The highest BCUT2D eigenvalue weighted by Crippen LogP contribution is 2.58. The van der Waals surface area contributed by atoms with Gasteiger partial charge in [-0.3, -0.25) is 14.3 Å². The quantitative estimate of drug-likeness (QED) is 0.866. The van der Waals surface area contributed by atoms with E-state index in [1.54, 1.807) is 20.0 Å². The third kappa shape index (κ3) is 2.60. The number of anilines is 1. The average molecular weight is 348 g/mol. The van der Waals surface area contributed by atoms with Gasteiger partial charge in [0.05, 0.1) is 23.7 Å². The molecule has 0 unspecified atom stereocenters. The highest BCUT2D eigenvalue weighted by Gasteiger charge is 2.66. The van der Waals surface area contributed by atoms with Crippen molar-refractivity contribution in [1.82, 2.24) is 14.8 Å². The maximum atomic E-state index is 12.3. The van der Waals surface area contributed by atoms with Crippen LogP contribution in [0.4, 0.5) is 5.13 Å². The van der Waals surface area contributed by atoms with Crippen LogP contribution in [0.3, 0.4) is 0 Å². The van der Waals surface area contributed by atoms with Crippen molar-refractivity contribution < 1.29 is 14.7 Å². The number of hydrogen-bond acceptors (Lipinski definition) is 5. The monoisotopic (exact) mass is 348 g/mol. The van der Waals surface area contributed by atoms with Crippen molar-refractivity contribution in [3.8, 4) is 11.3 Å². The van der Waals surface area contributed by atoms with E-state index in [0.29, 0.717) is 5.13 Å². The Bertz CT molecular complexity index is 808. The molecule has 3 rings (SSSR count). The lowest BCUT2D eigenvalue weighted by Crippen LogP contribution is -2.17. The van der Waals surface area contributed by atoms with Crippen LogP contribution in [-0.4, -0.2) is 31.7 Å². The molecule has 1 saturated carbocycles. The van der Waals surface area contributed by atoms with E-state index in [4.69, 9.17) is 0 Å². The van der Waals surface area contributed by atoms with Gasteiger partial charge in [0.15, 0.2) is 5.13 Å². The van der Waals surface area contributed by atoms with Crippen LogP contribution in [-0.2, 0) is 16.1 Å². The fourth-order valence-corrected chi connectivity index (χ4v) is 3.96. The Morgan fingerprint density at radius 3 is 2.67 bits per heavy atom. The summed E-state index contributed by atoms with van der Waals surface area (Å²) < 4.78 is 1.89. The Kier molecular flexibility index (Phi) is 3.95. The lowest BCUT2D eigenvalue weighted by Gasteiger charge is -2.02. The Hall–Kier alpha value is -2.22. The summed E-state index contributed by atoms with van der Waals surface area (Å²) in [6.07, 6.45) is 1.77. The van der Waals surface area contributed by atoms with Gasteiger partial charge in [0.25, 0.3) is 0 Å². The fraction of sp³-hybridized carbons (Fsp3) is 0.500. The smallest absolute Gasteiger partial charge is 0.307 e. The van der Waals surface area contributed by atoms with Crippen molar-refractivity contribution in [3.05, 3.63) is 17.3 Å². The van der Waals surface area contributed by atoms with Crippen LogP contribution in [0.2, 0.25) is 0 Å². The first-order valence-electron chi connectivity index (χ1n) is 7.79. The van der Waals surface area contributed by atoms with E-state index in [1.807, 2.05) is 23.9 Å². The van der Waals surface area contributed by atoms with Crippen LogP contribution in [0.15, 0.2) is 11.6 Å². The van der Waals surface area contributed by atoms with Crippen LogP contribution in [0.5, 0.6) is 0 Å². The molecule has 2 atom stereocenters. The highest BCUT2D eigenvalue weighted by atomic mass is 32.1. The van der Waals surface area contributed by atoms with Gasteiger partial charge in [-0.15, -0.1) is 11.3 Å². The Balaban J connectivity index is 1.74. The third-order valence-corrected chi connectivity index (χ3v) is 5.55. The molecule has 0 bridgehead atoms. The van der Waals surface area contributed by atoms with Gasteiger partial charge in [0.2, 0.25) is 5.91 Å². The zero-order chi connectivity index (χ0) is 17.6. The van der Waals surface area contributed by atoms with Gasteiger partial charge >= 0.3 is 5.97 Å². The van der Waals surface area contributed by atoms with Gasteiger partial charge in [-0.05, 0) is 19.3 Å². The fourth-order valence-electron chi connectivity index (χ4n) is 3.24. The molecule has 1 aliphatic carbocycles. The molecular weight excluding hydrogens is 328 g/mol. The summed E-state index contributed by atoms with van der Waals surface area (Å²) in [5.74, 6) is -2.37. The minimum atomic E-state index is -0.928. The van der Waals surface area contributed by atoms with E-state index < -0.39 is 23.2 Å². The first-order valence-corrected chi connectivity index (χ1v) is 8.67. The number of aryl methyl sites for hydroxylation is 1. The van der Waals surface area contributed by atoms with Gasteiger partial charge in [-0.2, -0.15) is 5.10 Å². The van der Waals surface area contributed by atoms with Crippen LogP contribution in [0.25, 0.3) is 11.3 Å². The molecule has 0 saturated heterocycles. The van der Waals surface area contributed by atoms with Crippen LogP contribution < -0.4 is 5.32 Å². The van der Waals surface area contributed by atoms with E-state index in [9.17, 15) is 14.7 Å². The third-order valence-electron chi connectivity index (χ3n) is 4.79. The van der Waals surface area contributed by atoms with Gasteiger partial charge < -0.3 is 10.4 Å². The van der Waals surface area contributed by atoms with E-state index in [0.717, 1.165) is 23.5 Å². The first-order chi connectivity index (χ1) is 11.3. The average Bonchev–Trinajstić information content (AvgIpc) is 2.82. The Labute approximate surface area is 143 Å². The molecule has 0 aromatic carbocycles. The standard InChI is InChI=1S/C16H20N4O3S/c1-5-20-8(2)9(6-17-20)10-7-24-15(18-10)19-13(21)11-12(14(22)23)16(11,3)4/h6-7,11-12H,5H2,1-4H3,(H,22,23)(H,18,19,21)/t11-,12+/m0/s1. The summed E-state index contributed by atoms with van der Waals surface area (Å²) in [5.41, 5.74) is 2.20. The van der Waals surface area contributed by atoms with Crippen LogP contribution in [0, 0.1) is 24.2 Å². The number of thiazole rings is 1. The zero-order valence-corrected chi connectivity index (χ0v) is 14.8. The molecule has 1 aliphatic rings.